The Labute approximate surface area is 119 Å². The van der Waals surface area contributed by atoms with Crippen molar-refractivity contribution in [1.29, 1.82) is 0 Å². The van der Waals surface area contributed by atoms with Crippen LogP contribution >= 0.6 is 0 Å². The van der Waals surface area contributed by atoms with E-state index in [-0.39, 0.29) is 23.5 Å². The third kappa shape index (κ3) is 4.59. The molecule has 0 bridgehead atoms. The van der Waals surface area contributed by atoms with Crippen LogP contribution < -0.4 is 14.8 Å². The quantitative estimate of drug-likeness (QED) is 0.803. The van der Waals surface area contributed by atoms with E-state index < -0.39 is 24.5 Å². The second-order valence-electron chi connectivity index (χ2n) is 4.02. The Morgan fingerprint density at radius 1 is 1.33 bits per heavy atom. The lowest BCUT2D eigenvalue weighted by atomic mass is 10.1. The maximum absolute atomic E-state index is 12.3. The highest BCUT2D eigenvalue weighted by atomic mass is 19.3. The zero-order valence-corrected chi connectivity index (χ0v) is 11.4. The fourth-order valence-electron chi connectivity index (χ4n) is 1.59. The topological polar surface area (TPSA) is 84.9 Å². The third-order valence-electron chi connectivity index (χ3n) is 2.65. The molecule has 0 saturated heterocycles. The summed E-state index contributed by atoms with van der Waals surface area (Å²) in [6.45, 7) is -1.47. The molecule has 0 heterocycles. The van der Waals surface area contributed by atoms with Gasteiger partial charge in [0.1, 0.15) is 6.04 Å². The number of halogens is 2. The molecule has 1 aromatic carbocycles. The van der Waals surface area contributed by atoms with Crippen molar-refractivity contribution in [2.24, 2.45) is 0 Å². The van der Waals surface area contributed by atoms with Gasteiger partial charge in [-0.25, -0.2) is 4.79 Å². The van der Waals surface area contributed by atoms with Crippen LogP contribution in [0.5, 0.6) is 11.5 Å². The summed E-state index contributed by atoms with van der Waals surface area (Å²) in [4.78, 5) is 22.7. The lowest BCUT2D eigenvalue weighted by Gasteiger charge is -2.14. The number of methoxy groups -OCH3 is 1. The molecule has 0 aliphatic carbocycles. The highest BCUT2D eigenvalue weighted by Crippen LogP contribution is 2.29. The number of rotatable bonds is 7. The molecule has 6 nitrogen and oxygen atoms in total. The van der Waals surface area contributed by atoms with E-state index in [1.165, 1.54) is 19.2 Å². The summed E-state index contributed by atoms with van der Waals surface area (Å²) in [7, 11) is 1.27. The number of amides is 1. The fraction of sp³-hybridized carbons (Fsp3) is 0.385. The summed E-state index contributed by atoms with van der Waals surface area (Å²) < 4.78 is 33.7. The second kappa shape index (κ2) is 7.41. The number of carboxylic acid groups (broad SMARTS) is 1. The number of carboxylic acids is 1. The van der Waals surface area contributed by atoms with Gasteiger partial charge in [0, 0.05) is 5.56 Å². The summed E-state index contributed by atoms with van der Waals surface area (Å²) in [5.41, 5.74) is -0.00819. The van der Waals surface area contributed by atoms with E-state index in [4.69, 9.17) is 9.84 Å². The molecule has 8 heteroatoms. The van der Waals surface area contributed by atoms with E-state index in [0.29, 0.717) is 0 Å². The summed E-state index contributed by atoms with van der Waals surface area (Å²) in [6.07, 6.45) is 0.192. The molecule has 0 saturated carbocycles. The SMILES string of the molecule is CCC(NC(=O)c1ccc(OC)c(OC(F)F)c1)C(=O)O. The summed E-state index contributed by atoms with van der Waals surface area (Å²) in [5.74, 6) is -2.14. The number of ether oxygens (including phenoxy) is 2. The molecule has 0 radical (unpaired) electrons. The van der Waals surface area contributed by atoms with Gasteiger partial charge in [0.2, 0.25) is 0 Å². The van der Waals surface area contributed by atoms with Crippen molar-refractivity contribution in [1.82, 2.24) is 5.32 Å². The van der Waals surface area contributed by atoms with E-state index >= 15 is 0 Å². The molecule has 2 N–H and O–H groups in total. The number of alkyl halides is 2. The zero-order chi connectivity index (χ0) is 16.0. The van der Waals surface area contributed by atoms with E-state index in [2.05, 4.69) is 10.1 Å². The molecule has 0 spiro atoms. The lowest BCUT2D eigenvalue weighted by molar-refractivity contribution is -0.139. The Kier molecular flexibility index (Phi) is 5.89. The number of carbonyl (C=O) groups is 2. The normalized spacial score (nSPS) is 11.9. The monoisotopic (exact) mass is 303 g/mol. The molecule has 0 aromatic heterocycles. The van der Waals surface area contributed by atoms with E-state index in [0.717, 1.165) is 6.07 Å². The van der Waals surface area contributed by atoms with Crippen molar-refractivity contribution in [2.45, 2.75) is 26.0 Å². The molecule has 1 aromatic rings. The average Bonchev–Trinajstić information content (AvgIpc) is 2.43. The van der Waals surface area contributed by atoms with Crippen LogP contribution in [0, 0.1) is 0 Å². The number of hydrogen-bond acceptors (Lipinski definition) is 4. The number of aliphatic carboxylic acids is 1. The third-order valence-corrected chi connectivity index (χ3v) is 2.65. The van der Waals surface area contributed by atoms with E-state index in [1.807, 2.05) is 0 Å². The Morgan fingerprint density at radius 2 is 2.00 bits per heavy atom. The van der Waals surface area contributed by atoms with Gasteiger partial charge in [0.05, 0.1) is 7.11 Å². The predicted molar refractivity (Wildman–Crippen MR) is 68.8 cm³/mol. The molecule has 116 valence electrons. The van der Waals surface area contributed by atoms with Gasteiger partial charge in [0.25, 0.3) is 5.91 Å². The van der Waals surface area contributed by atoms with Crippen LogP contribution in [-0.2, 0) is 4.79 Å². The second-order valence-corrected chi connectivity index (χ2v) is 4.02. The summed E-state index contributed by atoms with van der Waals surface area (Å²) in [5, 5.41) is 11.1. The van der Waals surface area contributed by atoms with Gasteiger partial charge in [-0.2, -0.15) is 8.78 Å². The maximum Gasteiger partial charge on any atom is 0.387 e. The van der Waals surface area contributed by atoms with E-state index in [9.17, 15) is 18.4 Å². The van der Waals surface area contributed by atoms with Crippen LogP contribution in [0.2, 0.25) is 0 Å². The van der Waals surface area contributed by atoms with Crippen LogP contribution in [0.25, 0.3) is 0 Å². The Balaban J connectivity index is 2.97. The Morgan fingerprint density at radius 3 is 2.48 bits per heavy atom. The first-order valence-electron chi connectivity index (χ1n) is 6.05. The largest absolute Gasteiger partial charge is 0.493 e. The standard InChI is InChI=1S/C13H15F2NO5/c1-3-8(12(18)19)16-11(17)7-4-5-9(20-2)10(6-7)21-13(14)15/h4-6,8,13H,3H2,1-2H3,(H,16,17)(H,18,19). The Bertz CT molecular complexity index is 521. The van der Waals surface area contributed by atoms with Gasteiger partial charge in [0.15, 0.2) is 11.5 Å². The minimum Gasteiger partial charge on any atom is -0.493 e. The van der Waals surface area contributed by atoms with Crippen molar-refractivity contribution in [3.63, 3.8) is 0 Å². The van der Waals surface area contributed by atoms with Crippen molar-refractivity contribution in [2.75, 3.05) is 7.11 Å². The highest BCUT2D eigenvalue weighted by Gasteiger charge is 2.20. The first kappa shape index (κ1) is 16.7. The van der Waals surface area contributed by atoms with Crippen LogP contribution in [0.15, 0.2) is 18.2 Å². The first-order chi connectivity index (χ1) is 9.88. The van der Waals surface area contributed by atoms with Crippen molar-refractivity contribution in [3.05, 3.63) is 23.8 Å². The van der Waals surface area contributed by atoms with Crippen LogP contribution in [0.3, 0.4) is 0 Å². The van der Waals surface area contributed by atoms with Gasteiger partial charge in [-0.05, 0) is 24.6 Å². The summed E-state index contributed by atoms with van der Waals surface area (Å²) in [6, 6.07) is 2.61. The predicted octanol–water partition coefficient (Wildman–Crippen LogP) is 1.89. The molecule has 21 heavy (non-hydrogen) atoms. The average molecular weight is 303 g/mol. The molecule has 1 unspecified atom stereocenters. The zero-order valence-electron chi connectivity index (χ0n) is 11.4. The minimum absolute atomic E-state index is 0.00819. The number of carbonyl (C=O) groups excluding carboxylic acids is 1. The van der Waals surface area contributed by atoms with Crippen LogP contribution in [-0.4, -0.2) is 36.7 Å². The van der Waals surface area contributed by atoms with Crippen molar-refractivity contribution in [3.8, 4) is 11.5 Å². The smallest absolute Gasteiger partial charge is 0.387 e. The molecular weight excluding hydrogens is 288 g/mol. The summed E-state index contributed by atoms with van der Waals surface area (Å²) >= 11 is 0. The van der Waals surface area contributed by atoms with Gasteiger partial charge >= 0.3 is 12.6 Å². The molecule has 0 aliphatic heterocycles. The lowest BCUT2D eigenvalue weighted by Crippen LogP contribution is -2.40. The molecule has 1 atom stereocenters. The highest BCUT2D eigenvalue weighted by molar-refractivity contribution is 5.97. The number of benzene rings is 1. The number of nitrogens with one attached hydrogen (secondary N) is 1. The first-order valence-corrected chi connectivity index (χ1v) is 6.05. The molecule has 1 rings (SSSR count). The van der Waals surface area contributed by atoms with Crippen LogP contribution in [0.1, 0.15) is 23.7 Å². The van der Waals surface area contributed by atoms with Crippen molar-refractivity contribution < 1.29 is 33.0 Å². The van der Waals surface area contributed by atoms with Crippen LogP contribution in [0.4, 0.5) is 8.78 Å². The number of hydrogen-bond donors (Lipinski definition) is 2. The fourth-order valence-corrected chi connectivity index (χ4v) is 1.59. The van der Waals surface area contributed by atoms with Gasteiger partial charge in [-0.3, -0.25) is 4.79 Å². The minimum atomic E-state index is -3.07. The molecular formula is C13H15F2NO5. The van der Waals surface area contributed by atoms with E-state index in [1.54, 1.807) is 6.92 Å². The molecule has 0 aliphatic rings. The van der Waals surface area contributed by atoms with Gasteiger partial charge < -0.3 is 19.9 Å². The van der Waals surface area contributed by atoms with Gasteiger partial charge in [-0.15, -0.1) is 0 Å². The molecule has 1 amide bonds. The Hall–Kier alpha value is -2.38. The molecule has 0 fully saturated rings. The maximum atomic E-state index is 12.3. The van der Waals surface area contributed by atoms with Gasteiger partial charge in [-0.1, -0.05) is 6.92 Å². The van der Waals surface area contributed by atoms with Crippen molar-refractivity contribution >= 4 is 11.9 Å².